The molecule has 0 aromatic carbocycles. The van der Waals surface area contributed by atoms with Crippen molar-refractivity contribution in [2.24, 2.45) is 7.05 Å². The quantitative estimate of drug-likeness (QED) is 0.858. The van der Waals surface area contributed by atoms with Crippen molar-refractivity contribution in [3.63, 3.8) is 0 Å². The molecule has 6 nitrogen and oxygen atoms in total. The molecule has 1 aliphatic heterocycles. The molecular formula is C14H20ClN5O. The molecule has 0 N–H and O–H groups in total. The number of aryl methyl sites for hydroxylation is 2. The summed E-state index contributed by atoms with van der Waals surface area (Å²) in [4.78, 5) is 2.37. The molecule has 21 heavy (non-hydrogen) atoms. The zero-order valence-electron chi connectivity index (χ0n) is 12.4. The van der Waals surface area contributed by atoms with E-state index in [1.165, 1.54) is 0 Å². The number of halogens is 1. The molecule has 7 heteroatoms. The predicted octanol–water partition coefficient (Wildman–Crippen LogP) is 1.48. The summed E-state index contributed by atoms with van der Waals surface area (Å²) < 4.78 is 9.47. The van der Waals surface area contributed by atoms with Gasteiger partial charge in [-0.15, -0.1) is 0 Å². The molecule has 0 bridgehead atoms. The molecule has 1 aliphatic rings. The Morgan fingerprint density at radius 2 is 2.33 bits per heavy atom. The third kappa shape index (κ3) is 3.28. The van der Waals surface area contributed by atoms with Gasteiger partial charge in [-0.2, -0.15) is 10.2 Å². The lowest BCUT2D eigenvalue weighted by atomic mass is 10.2. The summed E-state index contributed by atoms with van der Waals surface area (Å²) in [6, 6.07) is 1.93. The van der Waals surface area contributed by atoms with E-state index >= 15 is 0 Å². The molecule has 0 amide bonds. The standard InChI is InChI=1S/C14H20ClN5O/c1-11-13(14(15)18(2)17-11)10-19-6-7-21-12(8-19)9-20-5-3-4-16-20/h3-5,12H,6-10H2,1-2H3/t12-/m0/s1. The first kappa shape index (κ1) is 14.6. The second kappa shape index (κ2) is 6.17. The molecule has 2 aromatic rings. The Morgan fingerprint density at radius 1 is 1.48 bits per heavy atom. The van der Waals surface area contributed by atoms with Gasteiger partial charge in [0.05, 0.1) is 24.9 Å². The van der Waals surface area contributed by atoms with Crippen LogP contribution < -0.4 is 0 Å². The molecular weight excluding hydrogens is 290 g/mol. The summed E-state index contributed by atoms with van der Waals surface area (Å²) in [5, 5.41) is 9.33. The van der Waals surface area contributed by atoms with Crippen molar-refractivity contribution in [2.45, 2.75) is 26.1 Å². The number of nitrogens with zero attached hydrogens (tertiary/aromatic N) is 5. The molecule has 2 aromatic heterocycles. The van der Waals surface area contributed by atoms with Crippen molar-refractivity contribution in [3.8, 4) is 0 Å². The third-order valence-electron chi connectivity index (χ3n) is 3.82. The van der Waals surface area contributed by atoms with Crippen molar-refractivity contribution < 1.29 is 4.74 Å². The van der Waals surface area contributed by atoms with Gasteiger partial charge in [0, 0.05) is 44.6 Å². The van der Waals surface area contributed by atoms with E-state index in [0.717, 1.165) is 49.2 Å². The molecule has 3 heterocycles. The van der Waals surface area contributed by atoms with Gasteiger partial charge in [0.15, 0.2) is 0 Å². The fourth-order valence-corrected chi connectivity index (χ4v) is 2.96. The van der Waals surface area contributed by atoms with E-state index < -0.39 is 0 Å². The topological polar surface area (TPSA) is 48.1 Å². The van der Waals surface area contributed by atoms with Crippen LogP contribution in [0.3, 0.4) is 0 Å². The minimum atomic E-state index is 0.161. The first-order valence-corrected chi connectivity index (χ1v) is 7.50. The van der Waals surface area contributed by atoms with Crippen LogP contribution in [0, 0.1) is 6.92 Å². The molecule has 0 unspecified atom stereocenters. The van der Waals surface area contributed by atoms with Crippen LogP contribution in [0.2, 0.25) is 5.15 Å². The number of rotatable bonds is 4. The summed E-state index contributed by atoms with van der Waals surface area (Å²) >= 11 is 6.31. The van der Waals surface area contributed by atoms with Crippen LogP contribution in [0.15, 0.2) is 18.5 Å². The van der Waals surface area contributed by atoms with Gasteiger partial charge in [0.25, 0.3) is 0 Å². The highest BCUT2D eigenvalue weighted by atomic mass is 35.5. The van der Waals surface area contributed by atoms with E-state index in [9.17, 15) is 0 Å². The average molecular weight is 310 g/mol. The van der Waals surface area contributed by atoms with Crippen molar-refractivity contribution >= 4 is 11.6 Å². The summed E-state index contributed by atoms with van der Waals surface area (Å²) in [5.74, 6) is 0. The van der Waals surface area contributed by atoms with Gasteiger partial charge in [0.2, 0.25) is 0 Å². The molecule has 1 atom stereocenters. The lowest BCUT2D eigenvalue weighted by Gasteiger charge is -2.32. The smallest absolute Gasteiger partial charge is 0.131 e. The summed E-state index contributed by atoms with van der Waals surface area (Å²) in [7, 11) is 1.87. The fraction of sp³-hybridized carbons (Fsp3) is 0.571. The maximum Gasteiger partial charge on any atom is 0.131 e. The molecule has 0 spiro atoms. The van der Waals surface area contributed by atoms with Crippen LogP contribution in [0.1, 0.15) is 11.3 Å². The van der Waals surface area contributed by atoms with Crippen LogP contribution in [-0.4, -0.2) is 50.3 Å². The molecule has 0 aliphatic carbocycles. The zero-order chi connectivity index (χ0) is 14.8. The monoisotopic (exact) mass is 309 g/mol. The lowest BCUT2D eigenvalue weighted by molar-refractivity contribution is -0.0402. The Labute approximate surface area is 129 Å². The number of aromatic nitrogens is 4. The predicted molar refractivity (Wildman–Crippen MR) is 80.2 cm³/mol. The average Bonchev–Trinajstić information content (AvgIpc) is 3.04. The van der Waals surface area contributed by atoms with Crippen molar-refractivity contribution in [2.75, 3.05) is 19.7 Å². The van der Waals surface area contributed by atoms with Gasteiger partial charge in [-0.05, 0) is 13.0 Å². The highest BCUT2D eigenvalue weighted by molar-refractivity contribution is 6.30. The highest BCUT2D eigenvalue weighted by Crippen LogP contribution is 2.21. The number of ether oxygens (including phenoxy) is 1. The Hall–Kier alpha value is -1.37. The molecule has 114 valence electrons. The van der Waals surface area contributed by atoms with E-state index in [0.29, 0.717) is 0 Å². The fourth-order valence-electron chi connectivity index (χ4n) is 2.73. The summed E-state index contributed by atoms with van der Waals surface area (Å²) in [6.45, 7) is 6.14. The molecule has 1 fully saturated rings. The lowest BCUT2D eigenvalue weighted by Crippen LogP contribution is -2.43. The van der Waals surface area contributed by atoms with E-state index in [1.54, 1.807) is 10.9 Å². The minimum Gasteiger partial charge on any atom is -0.374 e. The zero-order valence-corrected chi connectivity index (χ0v) is 13.1. The third-order valence-corrected chi connectivity index (χ3v) is 4.30. The van der Waals surface area contributed by atoms with Crippen LogP contribution in [-0.2, 0) is 24.9 Å². The number of morpholine rings is 1. The first-order valence-electron chi connectivity index (χ1n) is 7.13. The Balaban J connectivity index is 1.63. The van der Waals surface area contributed by atoms with Gasteiger partial charge >= 0.3 is 0 Å². The first-order chi connectivity index (χ1) is 10.1. The van der Waals surface area contributed by atoms with E-state index in [4.69, 9.17) is 16.3 Å². The van der Waals surface area contributed by atoms with Gasteiger partial charge in [-0.25, -0.2) is 0 Å². The Kier molecular flexibility index (Phi) is 4.28. The summed E-state index contributed by atoms with van der Waals surface area (Å²) in [5.41, 5.74) is 2.11. The van der Waals surface area contributed by atoms with Crippen LogP contribution in [0.5, 0.6) is 0 Å². The van der Waals surface area contributed by atoms with Crippen molar-refractivity contribution in [3.05, 3.63) is 34.9 Å². The molecule has 1 saturated heterocycles. The van der Waals surface area contributed by atoms with Crippen molar-refractivity contribution in [1.82, 2.24) is 24.5 Å². The van der Waals surface area contributed by atoms with Gasteiger partial charge < -0.3 is 4.74 Å². The largest absolute Gasteiger partial charge is 0.374 e. The van der Waals surface area contributed by atoms with Gasteiger partial charge in [-0.3, -0.25) is 14.3 Å². The second-order valence-corrected chi connectivity index (χ2v) is 5.79. The minimum absolute atomic E-state index is 0.161. The normalized spacial score (nSPS) is 20.0. The van der Waals surface area contributed by atoms with Crippen molar-refractivity contribution in [1.29, 1.82) is 0 Å². The van der Waals surface area contributed by atoms with Gasteiger partial charge in [0.1, 0.15) is 5.15 Å². The van der Waals surface area contributed by atoms with Crippen LogP contribution in [0.4, 0.5) is 0 Å². The Morgan fingerprint density at radius 3 is 3.00 bits per heavy atom. The Bertz CT molecular complexity index is 595. The van der Waals surface area contributed by atoms with E-state index in [2.05, 4.69) is 15.1 Å². The van der Waals surface area contributed by atoms with Crippen LogP contribution >= 0.6 is 11.6 Å². The van der Waals surface area contributed by atoms with Crippen LogP contribution in [0.25, 0.3) is 0 Å². The molecule has 3 rings (SSSR count). The molecule has 0 saturated carbocycles. The molecule has 0 radical (unpaired) electrons. The maximum absolute atomic E-state index is 6.31. The second-order valence-electron chi connectivity index (χ2n) is 5.43. The summed E-state index contributed by atoms with van der Waals surface area (Å²) in [6.07, 6.45) is 3.92. The number of hydrogen-bond acceptors (Lipinski definition) is 4. The van der Waals surface area contributed by atoms with E-state index in [1.807, 2.05) is 30.9 Å². The SMILES string of the molecule is Cc1nn(C)c(Cl)c1CN1CCO[C@H](Cn2cccn2)C1. The maximum atomic E-state index is 6.31. The number of hydrogen-bond donors (Lipinski definition) is 0. The highest BCUT2D eigenvalue weighted by Gasteiger charge is 2.23. The van der Waals surface area contributed by atoms with Gasteiger partial charge in [-0.1, -0.05) is 11.6 Å². The van der Waals surface area contributed by atoms with E-state index in [-0.39, 0.29) is 6.10 Å².